The van der Waals surface area contributed by atoms with Gasteiger partial charge in [-0.3, -0.25) is 23.9 Å². The number of nitrogens with one attached hydrogen (secondary N) is 1. The number of aliphatic carboxylic acids is 2. The summed E-state index contributed by atoms with van der Waals surface area (Å²) in [5.41, 5.74) is 1.86. The van der Waals surface area contributed by atoms with Gasteiger partial charge in [-0.25, -0.2) is 9.78 Å². The number of thioether (sulfide) groups is 3. The number of carboxylic acids is 3. The number of carbonyl (C=O) groups is 4. The molecule has 1 amide bonds. The number of hydrogen-bond acceptors (Lipinski definition) is 18. The van der Waals surface area contributed by atoms with Crippen molar-refractivity contribution in [2.24, 2.45) is 10.1 Å². The van der Waals surface area contributed by atoms with Crippen molar-refractivity contribution < 1.29 is 133 Å². The summed E-state index contributed by atoms with van der Waals surface area (Å²) in [6, 6.07) is 7.10. The number of carboxylic acid groups (broad SMARTS) is 3. The summed E-state index contributed by atoms with van der Waals surface area (Å²) in [6.07, 6.45) is 0. The van der Waals surface area contributed by atoms with Crippen LogP contribution in [-0.2, 0) is 19.2 Å². The molecule has 0 radical (unpaired) electrons. The second kappa shape index (κ2) is 19.5. The quantitative estimate of drug-likeness (QED) is 0.0276. The molecular formula is C25H17N6Na3O10S5. The largest absolute Gasteiger partial charge is 1.00 e. The Morgan fingerprint density at radius 2 is 1.84 bits per heavy atom. The fourth-order valence-electron chi connectivity index (χ4n) is 4.09. The standard InChI is InChI=1S/C25H20N6O10S5.3Na/c26-25-27-11(8-44-25)13(29-41-23(22(39)40)45-10-4-2-1-3-5-10)17(33)28-14-18(34)31-15(21(37)38)9(6-42-19(14)31)7-43-24-12(20(35)36)16(32)30-46-24;;;/h1-5,8,14,19,23H,6-7H2,(H2,26,27)(H,28,33)(H,30,32)(H,35,36)(H,37,38)(H,39,40);;;/q;3*+1/p-3/b29-13+;;;/t14-,19-,23?;;;/m1.../s1. The van der Waals surface area contributed by atoms with Crippen LogP contribution in [0, 0.1) is 0 Å². The van der Waals surface area contributed by atoms with Crippen LogP contribution in [-0.4, -0.2) is 83.1 Å². The molecule has 24 heteroatoms. The van der Waals surface area contributed by atoms with Crippen molar-refractivity contribution in [1.29, 1.82) is 0 Å². The second-order valence-electron chi connectivity index (χ2n) is 9.02. The number of aliphatic imine (C=N–C) groups is 1. The molecule has 1 fully saturated rings. The van der Waals surface area contributed by atoms with Crippen LogP contribution in [0.25, 0.3) is 0 Å². The normalized spacial score (nSPS) is 17.8. The number of aromatic nitrogens is 2. The third-order valence-electron chi connectivity index (χ3n) is 6.11. The van der Waals surface area contributed by atoms with E-state index < -0.39 is 69.1 Å². The fraction of sp³-hybridized carbons (Fsp3) is 0.200. The van der Waals surface area contributed by atoms with Gasteiger partial charge in [-0.1, -0.05) is 46.6 Å². The molecule has 1 aromatic carbocycles. The minimum Gasteiger partial charge on any atom is -0.857 e. The maximum absolute atomic E-state index is 13.3. The third-order valence-corrected chi connectivity index (χ3v) is 11.4. The van der Waals surface area contributed by atoms with E-state index in [9.17, 15) is 44.4 Å². The van der Waals surface area contributed by atoms with Crippen molar-refractivity contribution in [2.75, 3.05) is 17.2 Å². The topological polar surface area (TPSA) is 267 Å². The van der Waals surface area contributed by atoms with Gasteiger partial charge in [-0.15, -0.1) is 34.9 Å². The van der Waals surface area contributed by atoms with E-state index >= 15 is 0 Å². The Bertz CT molecular complexity index is 1870. The van der Waals surface area contributed by atoms with E-state index in [2.05, 4.69) is 19.5 Å². The average molecular weight is 791 g/mol. The van der Waals surface area contributed by atoms with Crippen LogP contribution in [0.2, 0.25) is 0 Å². The molecule has 4 heterocycles. The van der Waals surface area contributed by atoms with Crippen LogP contribution < -0.4 is 115 Å². The summed E-state index contributed by atoms with van der Waals surface area (Å²) in [4.78, 5) is 74.8. The number of anilines is 1. The first-order valence-electron chi connectivity index (χ1n) is 12.5. The van der Waals surface area contributed by atoms with Gasteiger partial charge in [0.2, 0.25) is 0 Å². The molecule has 1 saturated heterocycles. The van der Waals surface area contributed by atoms with E-state index in [4.69, 9.17) is 10.6 Å². The summed E-state index contributed by atoms with van der Waals surface area (Å²) in [5, 5.41) is 50.6. The average Bonchev–Trinajstić information content (AvgIpc) is 3.62. The predicted octanol–water partition coefficient (Wildman–Crippen LogP) is -10.4. The first-order valence-corrected chi connectivity index (χ1v) is 17.2. The molecule has 3 aromatic rings. The number of thiazole rings is 1. The Balaban J connectivity index is 0.00000278. The van der Waals surface area contributed by atoms with Gasteiger partial charge < -0.3 is 40.6 Å². The Morgan fingerprint density at radius 3 is 2.43 bits per heavy atom. The molecule has 2 aromatic heterocycles. The van der Waals surface area contributed by atoms with Gasteiger partial charge in [0.05, 0.1) is 27.4 Å². The Morgan fingerprint density at radius 1 is 1.14 bits per heavy atom. The van der Waals surface area contributed by atoms with Crippen molar-refractivity contribution >= 4 is 98.7 Å². The summed E-state index contributed by atoms with van der Waals surface area (Å²) in [6.45, 7) is 0. The number of nitrogens with two attached hydrogens (primary N) is 1. The number of hydrogen-bond donors (Lipinski definition) is 3. The summed E-state index contributed by atoms with van der Waals surface area (Å²) in [5.74, 6) is -6.72. The van der Waals surface area contributed by atoms with Gasteiger partial charge in [0.1, 0.15) is 16.8 Å². The van der Waals surface area contributed by atoms with Gasteiger partial charge in [0, 0.05) is 27.7 Å². The zero-order chi connectivity index (χ0) is 33.1. The predicted molar refractivity (Wildman–Crippen MR) is 164 cm³/mol. The molecule has 4 N–H and O–H groups in total. The maximum Gasteiger partial charge on any atom is 1.00 e. The molecule has 49 heavy (non-hydrogen) atoms. The third kappa shape index (κ3) is 10.2. The zero-order valence-corrected chi connectivity index (χ0v) is 35.7. The van der Waals surface area contributed by atoms with Crippen molar-refractivity contribution in [3.63, 3.8) is 0 Å². The van der Waals surface area contributed by atoms with Gasteiger partial charge in [-0.2, -0.15) is 0 Å². The number of carbonyl (C=O) groups excluding carboxylic acids is 3. The fourth-order valence-corrected chi connectivity index (χ4v) is 8.81. The molecule has 240 valence electrons. The number of nitrogens with zero attached hydrogens (tertiary/aromatic N) is 4. The number of rotatable bonds is 13. The smallest absolute Gasteiger partial charge is 0.857 e. The maximum atomic E-state index is 13.3. The molecule has 0 aliphatic carbocycles. The number of fused-ring (bicyclic) bond motifs is 1. The van der Waals surface area contributed by atoms with Crippen LogP contribution in [0.4, 0.5) is 5.13 Å². The summed E-state index contributed by atoms with van der Waals surface area (Å²) >= 11 is 4.49. The molecule has 1 unspecified atom stereocenters. The van der Waals surface area contributed by atoms with Crippen molar-refractivity contribution in [2.45, 2.75) is 26.0 Å². The minimum absolute atomic E-state index is 0. The van der Waals surface area contributed by atoms with E-state index in [1.165, 1.54) is 5.38 Å². The van der Waals surface area contributed by atoms with Crippen LogP contribution in [0.3, 0.4) is 0 Å². The number of aromatic amines is 1. The number of amides is 1. The van der Waals surface area contributed by atoms with Crippen LogP contribution >= 0.6 is 58.2 Å². The molecule has 5 rings (SSSR count). The van der Waals surface area contributed by atoms with Crippen LogP contribution in [0.5, 0.6) is 0 Å². The first kappa shape index (κ1) is 43.9. The Labute approximate surface area is 363 Å². The SMILES string of the molecule is Nc1nc(/C(=N\OC(Sc2ccccc2)C(=O)O)C([O-])=N[C@@H]2C(=O)N3C(C(=O)[O-])=C(CSc4s[nH]c(=O)c4C(=O)[O-])CS[C@H]23)cs1.[Na+].[Na+].[Na+]. The van der Waals surface area contributed by atoms with Crippen molar-refractivity contribution in [1.82, 2.24) is 14.3 Å². The van der Waals surface area contributed by atoms with E-state index in [-0.39, 0.29) is 121 Å². The number of nitrogen functional groups attached to an aromatic ring is 1. The summed E-state index contributed by atoms with van der Waals surface area (Å²) < 4.78 is 2.35. The molecule has 3 atom stereocenters. The van der Waals surface area contributed by atoms with E-state index in [1.54, 1.807) is 30.3 Å². The van der Waals surface area contributed by atoms with Crippen LogP contribution in [0.1, 0.15) is 16.1 Å². The second-order valence-corrected chi connectivity index (χ2v) is 14.2. The molecule has 16 nitrogen and oxygen atoms in total. The van der Waals surface area contributed by atoms with Gasteiger partial charge in [0.25, 0.3) is 16.9 Å². The zero-order valence-electron chi connectivity index (χ0n) is 25.6. The van der Waals surface area contributed by atoms with Crippen molar-refractivity contribution in [3.05, 3.63) is 68.6 Å². The number of β-lactam (4-membered cyclic amide) rings is 1. The number of benzene rings is 1. The van der Waals surface area contributed by atoms with E-state index in [0.29, 0.717) is 4.90 Å². The van der Waals surface area contributed by atoms with Crippen molar-refractivity contribution in [3.8, 4) is 0 Å². The monoisotopic (exact) mass is 790 g/mol. The number of aromatic carboxylic acids is 1. The Kier molecular flexibility index (Phi) is 17.5. The van der Waals surface area contributed by atoms with E-state index in [1.807, 2.05) is 0 Å². The molecular weight excluding hydrogens is 774 g/mol. The Hall–Kier alpha value is -1.31. The molecule has 2 aliphatic heterocycles. The summed E-state index contributed by atoms with van der Waals surface area (Å²) in [7, 11) is 0. The molecule has 0 bridgehead atoms. The minimum atomic E-state index is -1.69. The number of oxime groups is 1. The first-order chi connectivity index (χ1) is 22.0. The van der Waals surface area contributed by atoms with Gasteiger partial charge >= 0.3 is 94.6 Å². The van der Waals surface area contributed by atoms with Crippen LogP contribution in [0.15, 0.2) is 71.0 Å². The molecule has 0 spiro atoms. The molecule has 2 aliphatic rings. The number of H-pyrrole nitrogens is 1. The van der Waals surface area contributed by atoms with E-state index in [0.717, 1.165) is 63.1 Å². The van der Waals surface area contributed by atoms with Gasteiger partial charge in [0.15, 0.2) is 11.2 Å². The molecule has 0 saturated carbocycles. The van der Waals surface area contributed by atoms with Gasteiger partial charge in [-0.05, 0) is 17.7 Å².